The van der Waals surface area contributed by atoms with Crippen molar-refractivity contribution >= 4 is 0 Å². The molecule has 0 aliphatic heterocycles. The van der Waals surface area contributed by atoms with Crippen LogP contribution in [-0.2, 0) is 0 Å². The van der Waals surface area contributed by atoms with Crippen molar-refractivity contribution < 1.29 is 4.74 Å². The van der Waals surface area contributed by atoms with Crippen LogP contribution in [0.2, 0.25) is 0 Å². The van der Waals surface area contributed by atoms with Crippen LogP contribution in [0.5, 0.6) is 5.75 Å². The van der Waals surface area contributed by atoms with Crippen molar-refractivity contribution in [1.29, 1.82) is 0 Å². The molecular formula is C12H16O. The van der Waals surface area contributed by atoms with Gasteiger partial charge in [-0.1, -0.05) is 19.1 Å². The number of ether oxygens (including phenoxy) is 1. The highest BCUT2D eigenvalue weighted by molar-refractivity contribution is 5.29. The van der Waals surface area contributed by atoms with Gasteiger partial charge in [0, 0.05) is 0 Å². The van der Waals surface area contributed by atoms with Gasteiger partial charge in [0.1, 0.15) is 5.75 Å². The predicted molar refractivity (Wildman–Crippen MR) is 54.1 cm³/mol. The Balaban J connectivity index is 2.11. The van der Waals surface area contributed by atoms with Crippen LogP contribution in [0.3, 0.4) is 0 Å². The lowest BCUT2D eigenvalue weighted by Crippen LogP contribution is -1.95. The fourth-order valence-corrected chi connectivity index (χ4v) is 1.78. The van der Waals surface area contributed by atoms with Gasteiger partial charge in [-0.25, -0.2) is 0 Å². The average molecular weight is 176 g/mol. The molecule has 1 aromatic rings. The van der Waals surface area contributed by atoms with Gasteiger partial charge in [0.2, 0.25) is 0 Å². The molecular weight excluding hydrogens is 160 g/mol. The minimum absolute atomic E-state index is 0.728. The topological polar surface area (TPSA) is 9.23 Å². The molecule has 1 fully saturated rings. The zero-order chi connectivity index (χ0) is 9.26. The highest BCUT2D eigenvalue weighted by atomic mass is 16.5. The first kappa shape index (κ1) is 8.61. The minimum atomic E-state index is 0.728. The number of methoxy groups -OCH3 is 1. The van der Waals surface area contributed by atoms with Crippen molar-refractivity contribution in [3.63, 3.8) is 0 Å². The van der Waals surface area contributed by atoms with Crippen LogP contribution in [0.15, 0.2) is 24.3 Å². The van der Waals surface area contributed by atoms with Crippen molar-refractivity contribution in [3.05, 3.63) is 29.8 Å². The Kier molecular flexibility index (Phi) is 2.26. The number of benzene rings is 1. The van der Waals surface area contributed by atoms with E-state index in [1.807, 2.05) is 12.1 Å². The molecule has 1 heteroatoms. The van der Waals surface area contributed by atoms with E-state index in [4.69, 9.17) is 4.74 Å². The van der Waals surface area contributed by atoms with Gasteiger partial charge in [0.15, 0.2) is 0 Å². The summed E-state index contributed by atoms with van der Waals surface area (Å²) in [5.41, 5.74) is 1.45. The second kappa shape index (κ2) is 3.41. The third-order valence-electron chi connectivity index (χ3n) is 2.97. The first-order chi connectivity index (χ1) is 6.31. The van der Waals surface area contributed by atoms with Crippen LogP contribution in [0.1, 0.15) is 31.2 Å². The van der Waals surface area contributed by atoms with Crippen LogP contribution in [0.25, 0.3) is 0 Å². The molecule has 0 heterocycles. The normalized spacial score (nSPS) is 18.3. The van der Waals surface area contributed by atoms with Crippen LogP contribution in [0, 0.1) is 5.92 Å². The van der Waals surface area contributed by atoms with Crippen molar-refractivity contribution in [3.8, 4) is 5.75 Å². The van der Waals surface area contributed by atoms with Crippen LogP contribution in [0.4, 0.5) is 0 Å². The Labute approximate surface area is 79.7 Å². The molecule has 70 valence electrons. The predicted octanol–water partition coefficient (Wildman–Crippen LogP) is 3.21. The molecule has 1 nitrogen and oxygen atoms in total. The Morgan fingerprint density at radius 3 is 2.31 bits per heavy atom. The van der Waals surface area contributed by atoms with E-state index in [1.165, 1.54) is 18.4 Å². The summed E-state index contributed by atoms with van der Waals surface area (Å²) in [7, 11) is 1.71. The molecule has 0 saturated heterocycles. The third kappa shape index (κ3) is 1.85. The van der Waals surface area contributed by atoms with E-state index < -0.39 is 0 Å². The van der Waals surface area contributed by atoms with Gasteiger partial charge in [0.25, 0.3) is 0 Å². The maximum absolute atomic E-state index is 5.13. The SMILES string of the molecule is COc1ccc(C(C)C2CC2)cc1. The summed E-state index contributed by atoms with van der Waals surface area (Å²) in [6, 6.07) is 8.46. The molecule has 0 aromatic heterocycles. The lowest BCUT2D eigenvalue weighted by Gasteiger charge is -2.10. The summed E-state index contributed by atoms with van der Waals surface area (Å²) >= 11 is 0. The summed E-state index contributed by atoms with van der Waals surface area (Å²) in [6.45, 7) is 2.32. The average Bonchev–Trinajstić information content (AvgIpc) is 3.00. The molecule has 0 bridgehead atoms. The molecule has 1 aliphatic carbocycles. The maximum atomic E-state index is 5.13. The molecule has 1 aliphatic rings. The minimum Gasteiger partial charge on any atom is -0.497 e. The van der Waals surface area contributed by atoms with Gasteiger partial charge >= 0.3 is 0 Å². The van der Waals surface area contributed by atoms with Gasteiger partial charge in [-0.3, -0.25) is 0 Å². The second-order valence-corrected chi connectivity index (χ2v) is 3.90. The van der Waals surface area contributed by atoms with Crippen LogP contribution in [-0.4, -0.2) is 7.11 Å². The highest BCUT2D eigenvalue weighted by Gasteiger charge is 2.28. The van der Waals surface area contributed by atoms with Gasteiger partial charge in [-0.15, -0.1) is 0 Å². The van der Waals surface area contributed by atoms with E-state index in [0.717, 1.165) is 17.6 Å². The molecule has 1 atom stereocenters. The summed E-state index contributed by atoms with van der Waals surface area (Å²) in [5, 5.41) is 0. The third-order valence-corrected chi connectivity index (χ3v) is 2.97. The zero-order valence-electron chi connectivity index (χ0n) is 8.29. The number of hydrogen-bond acceptors (Lipinski definition) is 1. The van der Waals surface area contributed by atoms with Gasteiger partial charge < -0.3 is 4.74 Å². The summed E-state index contributed by atoms with van der Waals surface area (Å²) < 4.78 is 5.13. The zero-order valence-corrected chi connectivity index (χ0v) is 8.29. The molecule has 2 rings (SSSR count). The lowest BCUT2D eigenvalue weighted by atomic mass is 9.96. The summed E-state index contributed by atoms with van der Waals surface area (Å²) in [5.74, 6) is 2.62. The van der Waals surface area contributed by atoms with E-state index in [2.05, 4.69) is 19.1 Å². The van der Waals surface area contributed by atoms with E-state index in [1.54, 1.807) is 7.11 Å². The Bertz CT molecular complexity index is 272. The highest BCUT2D eigenvalue weighted by Crippen LogP contribution is 2.42. The van der Waals surface area contributed by atoms with Crippen molar-refractivity contribution in [2.24, 2.45) is 5.92 Å². The van der Waals surface area contributed by atoms with Crippen molar-refractivity contribution in [2.75, 3.05) is 7.11 Å². The number of hydrogen-bond donors (Lipinski definition) is 0. The fraction of sp³-hybridized carbons (Fsp3) is 0.500. The standard InChI is InChI=1S/C12H16O/c1-9(10-3-4-10)11-5-7-12(13-2)8-6-11/h5-10H,3-4H2,1-2H3. The molecule has 0 radical (unpaired) electrons. The summed E-state index contributed by atoms with van der Waals surface area (Å²) in [6.07, 6.45) is 2.82. The van der Waals surface area contributed by atoms with Gasteiger partial charge in [-0.2, -0.15) is 0 Å². The van der Waals surface area contributed by atoms with Gasteiger partial charge in [0.05, 0.1) is 7.11 Å². The fourth-order valence-electron chi connectivity index (χ4n) is 1.78. The summed E-state index contributed by atoms with van der Waals surface area (Å²) in [4.78, 5) is 0. The monoisotopic (exact) mass is 176 g/mol. The maximum Gasteiger partial charge on any atom is 0.118 e. The lowest BCUT2D eigenvalue weighted by molar-refractivity contribution is 0.414. The molecule has 0 spiro atoms. The molecule has 0 N–H and O–H groups in total. The molecule has 1 aromatic carbocycles. The largest absolute Gasteiger partial charge is 0.497 e. The quantitative estimate of drug-likeness (QED) is 0.687. The van der Waals surface area contributed by atoms with E-state index >= 15 is 0 Å². The van der Waals surface area contributed by atoms with Crippen LogP contribution >= 0.6 is 0 Å². The molecule has 1 unspecified atom stereocenters. The van der Waals surface area contributed by atoms with Crippen molar-refractivity contribution in [1.82, 2.24) is 0 Å². The second-order valence-electron chi connectivity index (χ2n) is 3.90. The van der Waals surface area contributed by atoms with E-state index in [9.17, 15) is 0 Å². The molecule has 13 heavy (non-hydrogen) atoms. The molecule has 0 amide bonds. The van der Waals surface area contributed by atoms with Crippen LogP contribution < -0.4 is 4.74 Å². The molecule has 1 saturated carbocycles. The van der Waals surface area contributed by atoms with Crippen molar-refractivity contribution in [2.45, 2.75) is 25.7 Å². The first-order valence-electron chi connectivity index (χ1n) is 4.95. The Morgan fingerprint density at radius 2 is 1.85 bits per heavy atom. The Hall–Kier alpha value is -0.980. The van der Waals surface area contributed by atoms with E-state index in [-0.39, 0.29) is 0 Å². The first-order valence-corrected chi connectivity index (χ1v) is 4.95. The smallest absolute Gasteiger partial charge is 0.118 e. The number of rotatable bonds is 3. The van der Waals surface area contributed by atoms with Gasteiger partial charge in [-0.05, 0) is 42.4 Å². The Morgan fingerprint density at radius 1 is 1.23 bits per heavy atom. The van der Waals surface area contributed by atoms with E-state index in [0.29, 0.717) is 0 Å².